The number of nitrogens with two attached hydrogens (primary N) is 1. The van der Waals surface area contributed by atoms with Gasteiger partial charge in [0, 0.05) is 5.69 Å². The van der Waals surface area contributed by atoms with E-state index in [-0.39, 0.29) is 18.3 Å². The van der Waals surface area contributed by atoms with Crippen molar-refractivity contribution < 1.29 is 9.53 Å². The second-order valence-corrected chi connectivity index (χ2v) is 3.46. The lowest BCUT2D eigenvalue weighted by atomic mass is 10.2. The van der Waals surface area contributed by atoms with Crippen molar-refractivity contribution >= 4 is 24.0 Å². The van der Waals surface area contributed by atoms with Crippen LogP contribution < -0.4 is 15.8 Å². The molecule has 0 saturated heterocycles. The van der Waals surface area contributed by atoms with Crippen molar-refractivity contribution in [1.29, 1.82) is 0 Å². The summed E-state index contributed by atoms with van der Waals surface area (Å²) in [7, 11) is 1.61. The maximum atomic E-state index is 11.4. The number of hydrogen-bond acceptors (Lipinski definition) is 3. The zero-order valence-corrected chi connectivity index (χ0v) is 10.4. The first-order chi connectivity index (χ1) is 7.04. The van der Waals surface area contributed by atoms with Gasteiger partial charge in [0.2, 0.25) is 5.91 Å². The number of carbonyl (C=O) groups excluding carboxylic acids is 1. The summed E-state index contributed by atoms with van der Waals surface area (Å²) in [5.41, 5.74) is 7.16. The summed E-state index contributed by atoms with van der Waals surface area (Å²) in [5, 5.41) is 2.74. The monoisotopic (exact) mass is 244 g/mol. The fourth-order valence-electron chi connectivity index (χ4n) is 1.15. The summed E-state index contributed by atoms with van der Waals surface area (Å²) in [5.74, 6) is 0.578. The second kappa shape index (κ2) is 6.35. The molecule has 3 N–H and O–H groups in total. The molecule has 1 amide bonds. The van der Waals surface area contributed by atoms with E-state index in [0.29, 0.717) is 0 Å². The fraction of sp³-hybridized carbons (Fsp3) is 0.364. The Morgan fingerprint density at radius 1 is 1.50 bits per heavy atom. The minimum Gasteiger partial charge on any atom is -0.497 e. The standard InChI is InChI=1S/C11H16N2O2.ClH/c1-7-6-9(15-3)4-5-10(7)13-11(14)8(2)12;/h4-6,8H,12H2,1-3H3,(H,13,14);1H/t8-;/m1./s1. The normalized spacial score (nSPS) is 11.2. The van der Waals surface area contributed by atoms with Gasteiger partial charge in [0.15, 0.2) is 0 Å². The van der Waals surface area contributed by atoms with Crippen LogP contribution in [0.25, 0.3) is 0 Å². The lowest BCUT2D eigenvalue weighted by molar-refractivity contribution is -0.117. The Balaban J connectivity index is 0.00000225. The quantitative estimate of drug-likeness (QED) is 0.851. The number of amides is 1. The highest BCUT2D eigenvalue weighted by molar-refractivity contribution is 5.95. The zero-order valence-electron chi connectivity index (χ0n) is 9.61. The van der Waals surface area contributed by atoms with Gasteiger partial charge in [0.1, 0.15) is 5.75 Å². The maximum Gasteiger partial charge on any atom is 0.241 e. The van der Waals surface area contributed by atoms with Crippen LogP contribution in [0, 0.1) is 6.92 Å². The summed E-state index contributed by atoms with van der Waals surface area (Å²) < 4.78 is 5.07. The van der Waals surface area contributed by atoms with Crippen LogP contribution in [0.1, 0.15) is 12.5 Å². The molecule has 16 heavy (non-hydrogen) atoms. The van der Waals surface area contributed by atoms with E-state index in [2.05, 4.69) is 5.32 Å². The number of hydrogen-bond donors (Lipinski definition) is 2. The first kappa shape index (κ1) is 14.7. The van der Waals surface area contributed by atoms with E-state index >= 15 is 0 Å². The molecule has 0 aliphatic rings. The minimum atomic E-state index is -0.508. The maximum absolute atomic E-state index is 11.4. The number of halogens is 1. The molecule has 1 rings (SSSR count). The van der Waals surface area contributed by atoms with Crippen LogP contribution in [0.2, 0.25) is 0 Å². The van der Waals surface area contributed by atoms with Gasteiger partial charge in [0.25, 0.3) is 0 Å². The van der Waals surface area contributed by atoms with Crippen molar-refractivity contribution in [3.05, 3.63) is 23.8 Å². The van der Waals surface area contributed by atoms with Gasteiger partial charge in [-0.1, -0.05) is 0 Å². The van der Waals surface area contributed by atoms with Gasteiger partial charge in [-0.15, -0.1) is 12.4 Å². The zero-order chi connectivity index (χ0) is 11.4. The van der Waals surface area contributed by atoms with E-state index in [1.165, 1.54) is 0 Å². The molecule has 1 aromatic carbocycles. The number of methoxy groups -OCH3 is 1. The van der Waals surface area contributed by atoms with Crippen molar-refractivity contribution in [2.75, 3.05) is 12.4 Å². The molecule has 0 aliphatic heterocycles. The van der Waals surface area contributed by atoms with Gasteiger partial charge >= 0.3 is 0 Å². The molecule has 0 bridgehead atoms. The van der Waals surface area contributed by atoms with E-state index in [9.17, 15) is 4.79 Å². The molecule has 4 nitrogen and oxygen atoms in total. The average molecular weight is 245 g/mol. The Hall–Kier alpha value is -1.26. The molecule has 0 aromatic heterocycles. The van der Waals surface area contributed by atoms with E-state index in [0.717, 1.165) is 17.0 Å². The molecular weight excluding hydrogens is 228 g/mol. The molecule has 1 atom stereocenters. The summed E-state index contributed by atoms with van der Waals surface area (Å²) in [4.78, 5) is 11.4. The van der Waals surface area contributed by atoms with Crippen LogP contribution in [-0.4, -0.2) is 19.1 Å². The number of carbonyl (C=O) groups is 1. The lowest BCUT2D eigenvalue weighted by Crippen LogP contribution is -2.32. The molecule has 0 fully saturated rings. The SMILES string of the molecule is COc1ccc(NC(=O)[C@@H](C)N)c(C)c1.Cl. The summed E-state index contributed by atoms with van der Waals surface area (Å²) >= 11 is 0. The van der Waals surface area contributed by atoms with Gasteiger partial charge in [-0.3, -0.25) is 4.79 Å². The predicted octanol–water partition coefficient (Wildman–Crippen LogP) is 1.71. The third kappa shape index (κ3) is 3.72. The van der Waals surface area contributed by atoms with Crippen LogP contribution in [0.3, 0.4) is 0 Å². The first-order valence-corrected chi connectivity index (χ1v) is 4.75. The van der Waals surface area contributed by atoms with Crippen LogP contribution in [0.5, 0.6) is 5.75 Å². The van der Waals surface area contributed by atoms with Crippen LogP contribution in [-0.2, 0) is 4.79 Å². The molecule has 0 unspecified atom stereocenters. The number of benzene rings is 1. The lowest BCUT2D eigenvalue weighted by Gasteiger charge is -2.11. The Morgan fingerprint density at radius 2 is 2.12 bits per heavy atom. The van der Waals surface area contributed by atoms with Gasteiger partial charge < -0.3 is 15.8 Å². The van der Waals surface area contributed by atoms with Crippen LogP contribution in [0.15, 0.2) is 18.2 Å². The molecular formula is C11H17ClN2O2. The third-order valence-electron chi connectivity index (χ3n) is 2.11. The molecule has 0 heterocycles. The number of anilines is 1. The smallest absolute Gasteiger partial charge is 0.241 e. The largest absolute Gasteiger partial charge is 0.497 e. The molecule has 0 aliphatic carbocycles. The number of rotatable bonds is 3. The summed E-state index contributed by atoms with van der Waals surface area (Å²) in [6, 6.07) is 4.95. The summed E-state index contributed by atoms with van der Waals surface area (Å²) in [6.07, 6.45) is 0. The van der Waals surface area contributed by atoms with E-state index in [1.807, 2.05) is 13.0 Å². The fourth-order valence-corrected chi connectivity index (χ4v) is 1.15. The number of nitrogens with one attached hydrogen (secondary N) is 1. The van der Waals surface area contributed by atoms with Crippen molar-refractivity contribution in [3.63, 3.8) is 0 Å². The highest BCUT2D eigenvalue weighted by Crippen LogP contribution is 2.20. The molecule has 90 valence electrons. The molecule has 0 saturated carbocycles. The third-order valence-corrected chi connectivity index (χ3v) is 2.11. The van der Waals surface area contributed by atoms with Gasteiger partial charge in [-0.25, -0.2) is 0 Å². The van der Waals surface area contributed by atoms with Gasteiger partial charge in [-0.2, -0.15) is 0 Å². The Bertz CT molecular complexity index is 367. The number of aryl methyl sites for hydroxylation is 1. The Morgan fingerprint density at radius 3 is 2.56 bits per heavy atom. The van der Waals surface area contributed by atoms with Crippen LogP contribution >= 0.6 is 12.4 Å². The van der Waals surface area contributed by atoms with Crippen molar-refractivity contribution in [2.24, 2.45) is 5.73 Å². The molecule has 0 radical (unpaired) electrons. The molecule has 5 heteroatoms. The highest BCUT2D eigenvalue weighted by Gasteiger charge is 2.09. The number of ether oxygens (including phenoxy) is 1. The van der Waals surface area contributed by atoms with Gasteiger partial charge in [-0.05, 0) is 37.6 Å². The topological polar surface area (TPSA) is 64.3 Å². The van der Waals surface area contributed by atoms with Gasteiger partial charge in [0.05, 0.1) is 13.2 Å². The van der Waals surface area contributed by atoms with Crippen LogP contribution in [0.4, 0.5) is 5.69 Å². The van der Waals surface area contributed by atoms with Crippen molar-refractivity contribution in [2.45, 2.75) is 19.9 Å². The molecule has 1 aromatic rings. The Kier molecular flexibility index (Phi) is 5.85. The second-order valence-electron chi connectivity index (χ2n) is 3.46. The highest BCUT2D eigenvalue weighted by atomic mass is 35.5. The minimum absolute atomic E-state index is 0. The van der Waals surface area contributed by atoms with Crippen molar-refractivity contribution in [1.82, 2.24) is 0 Å². The Labute approximate surface area is 102 Å². The first-order valence-electron chi connectivity index (χ1n) is 4.75. The summed E-state index contributed by atoms with van der Waals surface area (Å²) in [6.45, 7) is 3.55. The molecule has 0 spiro atoms. The van der Waals surface area contributed by atoms with E-state index in [4.69, 9.17) is 10.5 Å². The average Bonchev–Trinajstić information content (AvgIpc) is 2.20. The van der Waals surface area contributed by atoms with E-state index in [1.54, 1.807) is 26.2 Å². The predicted molar refractivity (Wildman–Crippen MR) is 67.3 cm³/mol. The van der Waals surface area contributed by atoms with Crippen molar-refractivity contribution in [3.8, 4) is 5.75 Å². The van der Waals surface area contributed by atoms with E-state index < -0.39 is 6.04 Å².